The van der Waals surface area contributed by atoms with Gasteiger partial charge < -0.3 is 10.1 Å². The summed E-state index contributed by atoms with van der Waals surface area (Å²) in [4.78, 5) is 16.2. The van der Waals surface area contributed by atoms with Gasteiger partial charge in [-0.1, -0.05) is 12.1 Å². The third kappa shape index (κ3) is 4.20. The average Bonchev–Trinajstić information content (AvgIpc) is 3.10. The van der Waals surface area contributed by atoms with E-state index in [4.69, 9.17) is 4.74 Å². The summed E-state index contributed by atoms with van der Waals surface area (Å²) >= 11 is 0. The van der Waals surface area contributed by atoms with Gasteiger partial charge in [-0.05, 0) is 57.7 Å². The van der Waals surface area contributed by atoms with Gasteiger partial charge in [-0.25, -0.2) is 13.5 Å². The number of hydrogen-bond donors (Lipinski definition) is 1. The Balaban J connectivity index is 1.62. The van der Waals surface area contributed by atoms with Crippen LogP contribution in [0.3, 0.4) is 0 Å². The number of fused-ring (bicyclic) bond motifs is 1. The highest BCUT2D eigenvalue weighted by atomic mass is 19.1. The van der Waals surface area contributed by atoms with Gasteiger partial charge in [0.1, 0.15) is 5.82 Å². The van der Waals surface area contributed by atoms with E-state index in [2.05, 4.69) is 15.4 Å². The fraction of sp³-hybridized carbons (Fsp3) is 0.348. The first-order chi connectivity index (χ1) is 14.8. The molecule has 0 bridgehead atoms. The quantitative estimate of drug-likeness (QED) is 0.586. The minimum atomic E-state index is -0.987. The Labute approximate surface area is 178 Å². The molecule has 6 nitrogen and oxygen atoms in total. The lowest BCUT2D eigenvalue weighted by atomic mass is 10.1. The molecule has 1 fully saturated rings. The number of nitrogens with zero attached hydrogens (tertiary/aromatic N) is 3. The van der Waals surface area contributed by atoms with Crippen LogP contribution in [0.2, 0.25) is 0 Å². The number of aryl methyl sites for hydroxylation is 2. The number of aromatic nitrogens is 3. The third-order valence-electron chi connectivity index (χ3n) is 5.56. The fourth-order valence-corrected chi connectivity index (χ4v) is 3.81. The van der Waals surface area contributed by atoms with Crippen molar-refractivity contribution in [3.05, 3.63) is 58.6 Å². The molecule has 1 aliphatic rings. The normalized spacial score (nSPS) is 17.2. The van der Waals surface area contributed by atoms with Crippen LogP contribution in [-0.2, 0) is 9.53 Å². The maximum atomic E-state index is 14.7. The monoisotopic (exact) mass is 426 g/mol. The van der Waals surface area contributed by atoms with E-state index in [1.54, 1.807) is 19.1 Å². The Morgan fingerprint density at radius 3 is 2.81 bits per heavy atom. The molecule has 4 rings (SSSR count). The molecule has 1 aliphatic heterocycles. The van der Waals surface area contributed by atoms with Crippen molar-refractivity contribution in [1.29, 1.82) is 0 Å². The topological polar surface area (TPSA) is 69.0 Å². The van der Waals surface area contributed by atoms with Crippen LogP contribution in [0, 0.1) is 26.6 Å². The van der Waals surface area contributed by atoms with E-state index in [-0.39, 0.29) is 17.5 Å². The van der Waals surface area contributed by atoms with Gasteiger partial charge >= 0.3 is 0 Å². The molecular formula is C23H24F2N4O2. The Morgan fingerprint density at radius 2 is 2.06 bits per heavy atom. The SMILES string of the molecule is Cc1ncc(F)c(C)c1NC(=O)/C(F)=C/c1ccc2c(C)nn(C3CCCCO3)c2c1. The Kier molecular flexibility index (Phi) is 5.82. The lowest BCUT2D eigenvalue weighted by Crippen LogP contribution is -2.19. The zero-order valence-corrected chi connectivity index (χ0v) is 17.7. The second kappa shape index (κ2) is 8.55. The first-order valence-corrected chi connectivity index (χ1v) is 10.3. The van der Waals surface area contributed by atoms with E-state index >= 15 is 0 Å². The van der Waals surface area contributed by atoms with Gasteiger partial charge in [-0.3, -0.25) is 9.78 Å². The van der Waals surface area contributed by atoms with Crippen molar-refractivity contribution in [2.75, 3.05) is 11.9 Å². The number of amides is 1. The smallest absolute Gasteiger partial charge is 0.284 e. The summed E-state index contributed by atoms with van der Waals surface area (Å²) in [6, 6.07) is 5.38. The van der Waals surface area contributed by atoms with E-state index in [1.807, 2.05) is 17.7 Å². The van der Waals surface area contributed by atoms with Crippen molar-refractivity contribution in [3.8, 4) is 0 Å². The number of carbonyl (C=O) groups is 1. The van der Waals surface area contributed by atoms with Crippen LogP contribution in [0.4, 0.5) is 14.5 Å². The van der Waals surface area contributed by atoms with Crippen molar-refractivity contribution in [2.45, 2.75) is 46.3 Å². The number of rotatable bonds is 4. The predicted molar refractivity (Wildman–Crippen MR) is 115 cm³/mol. The summed E-state index contributed by atoms with van der Waals surface area (Å²) in [6.45, 7) is 5.73. The standard InChI is InChI=1S/C23H24F2N4O2/c1-13-19(25)12-26-15(3)22(13)27-23(30)18(24)10-16-7-8-17-14(2)28-29(20(17)11-16)21-6-4-5-9-31-21/h7-8,10-12,21H,4-6,9H2,1-3H3,(H,27,30)/b18-10-. The number of halogens is 2. The molecule has 3 heterocycles. The summed E-state index contributed by atoms with van der Waals surface area (Å²) in [5, 5.41) is 7.98. The number of ether oxygens (including phenoxy) is 1. The molecule has 1 aromatic carbocycles. The Bertz CT molecular complexity index is 1180. The summed E-state index contributed by atoms with van der Waals surface area (Å²) in [5.41, 5.74) is 3.00. The fourth-order valence-electron chi connectivity index (χ4n) is 3.81. The van der Waals surface area contributed by atoms with Crippen LogP contribution >= 0.6 is 0 Å². The first kappa shape index (κ1) is 21.1. The number of anilines is 1. The van der Waals surface area contributed by atoms with Gasteiger partial charge in [0.2, 0.25) is 0 Å². The van der Waals surface area contributed by atoms with Gasteiger partial charge in [-0.15, -0.1) is 0 Å². The van der Waals surface area contributed by atoms with Crippen molar-refractivity contribution >= 4 is 28.6 Å². The molecule has 1 unspecified atom stereocenters. The Hall–Kier alpha value is -3.13. The van der Waals surface area contributed by atoms with E-state index in [0.29, 0.717) is 17.9 Å². The van der Waals surface area contributed by atoms with E-state index in [9.17, 15) is 13.6 Å². The molecule has 8 heteroatoms. The number of nitrogens with one attached hydrogen (secondary N) is 1. The highest BCUT2D eigenvalue weighted by Crippen LogP contribution is 2.29. The van der Waals surface area contributed by atoms with Gasteiger partial charge in [0, 0.05) is 17.6 Å². The van der Waals surface area contributed by atoms with Crippen molar-refractivity contribution in [2.24, 2.45) is 0 Å². The lowest BCUT2D eigenvalue weighted by molar-refractivity contribution is -0.114. The molecule has 31 heavy (non-hydrogen) atoms. The molecule has 162 valence electrons. The van der Waals surface area contributed by atoms with Crippen LogP contribution < -0.4 is 5.32 Å². The summed E-state index contributed by atoms with van der Waals surface area (Å²) < 4.78 is 36.1. The molecule has 1 amide bonds. The molecule has 0 radical (unpaired) electrons. The largest absolute Gasteiger partial charge is 0.356 e. The van der Waals surface area contributed by atoms with Gasteiger partial charge in [-0.2, -0.15) is 5.10 Å². The van der Waals surface area contributed by atoms with Gasteiger partial charge in [0.05, 0.1) is 28.8 Å². The number of benzene rings is 1. The van der Waals surface area contributed by atoms with Crippen LogP contribution in [0.5, 0.6) is 0 Å². The second-order valence-corrected chi connectivity index (χ2v) is 7.77. The third-order valence-corrected chi connectivity index (χ3v) is 5.56. The molecule has 3 aromatic rings. The van der Waals surface area contributed by atoms with Gasteiger partial charge in [0.15, 0.2) is 12.1 Å². The predicted octanol–water partition coefficient (Wildman–Crippen LogP) is 5.14. The molecular weight excluding hydrogens is 402 g/mol. The van der Waals surface area contributed by atoms with Crippen molar-refractivity contribution < 1.29 is 18.3 Å². The van der Waals surface area contributed by atoms with E-state index < -0.39 is 17.6 Å². The Morgan fingerprint density at radius 1 is 1.26 bits per heavy atom. The van der Waals surface area contributed by atoms with Crippen molar-refractivity contribution in [3.63, 3.8) is 0 Å². The minimum absolute atomic E-state index is 0.149. The van der Waals surface area contributed by atoms with E-state index in [1.165, 1.54) is 6.92 Å². The zero-order chi connectivity index (χ0) is 22.1. The number of pyridine rings is 1. The van der Waals surface area contributed by atoms with Crippen LogP contribution in [-0.4, -0.2) is 27.3 Å². The average molecular weight is 426 g/mol. The first-order valence-electron chi connectivity index (χ1n) is 10.3. The lowest BCUT2D eigenvalue weighted by Gasteiger charge is -2.23. The maximum absolute atomic E-state index is 14.7. The molecule has 0 saturated carbocycles. The zero-order valence-electron chi connectivity index (χ0n) is 17.7. The van der Waals surface area contributed by atoms with Gasteiger partial charge in [0.25, 0.3) is 5.91 Å². The molecule has 0 spiro atoms. The molecule has 1 saturated heterocycles. The van der Waals surface area contributed by atoms with Crippen molar-refractivity contribution in [1.82, 2.24) is 14.8 Å². The molecule has 1 atom stereocenters. The second-order valence-electron chi connectivity index (χ2n) is 7.77. The highest BCUT2D eigenvalue weighted by Gasteiger charge is 2.20. The minimum Gasteiger partial charge on any atom is -0.356 e. The maximum Gasteiger partial charge on any atom is 0.284 e. The van der Waals surface area contributed by atoms with Crippen LogP contribution in [0.1, 0.15) is 48.0 Å². The highest BCUT2D eigenvalue weighted by molar-refractivity contribution is 6.05. The summed E-state index contributed by atoms with van der Waals surface area (Å²) in [5.74, 6) is -2.51. The summed E-state index contributed by atoms with van der Waals surface area (Å²) in [7, 11) is 0. The van der Waals surface area contributed by atoms with E-state index in [0.717, 1.165) is 48.1 Å². The van der Waals surface area contributed by atoms with Crippen LogP contribution in [0.15, 0.2) is 30.2 Å². The number of carbonyl (C=O) groups excluding carboxylic acids is 1. The molecule has 2 aromatic heterocycles. The molecule has 0 aliphatic carbocycles. The molecule has 1 N–H and O–H groups in total. The number of hydrogen-bond acceptors (Lipinski definition) is 4. The summed E-state index contributed by atoms with van der Waals surface area (Å²) in [6.07, 6.45) is 5.04. The van der Waals surface area contributed by atoms with Crippen LogP contribution in [0.25, 0.3) is 17.0 Å².